The fraction of sp³-hybridized carbons (Fsp3) is 0.567. The minimum atomic E-state index is -0.966. The van der Waals surface area contributed by atoms with Crippen LogP contribution in [0.4, 0.5) is 5.69 Å². The highest BCUT2D eigenvalue weighted by Gasteiger charge is 2.62. The maximum Gasteiger partial charge on any atom is 0.156 e. The highest BCUT2D eigenvalue weighted by atomic mass is 16.3. The molecule has 174 valence electrons. The van der Waals surface area contributed by atoms with Crippen molar-refractivity contribution < 1.29 is 9.90 Å². The van der Waals surface area contributed by atoms with E-state index in [4.69, 9.17) is 5.73 Å². The molecule has 0 aromatic heterocycles. The lowest BCUT2D eigenvalue weighted by atomic mass is 9.51. The van der Waals surface area contributed by atoms with Gasteiger partial charge in [-0.15, -0.1) is 0 Å². The SMILES string of the molecule is CC(C)(C)C#C[C@]1(O)CC[C@H]2[C@@H]3CCC4=CC(=O)CCC4=C3[C@@H](c3ccc(N)cc3)C[C@@]21C. The van der Waals surface area contributed by atoms with Gasteiger partial charge in [-0.2, -0.15) is 0 Å². The molecule has 2 saturated carbocycles. The van der Waals surface area contributed by atoms with Gasteiger partial charge in [-0.05, 0) is 106 Å². The second-order valence-electron chi connectivity index (χ2n) is 12.1. The molecule has 0 amide bonds. The minimum Gasteiger partial charge on any atom is -0.399 e. The summed E-state index contributed by atoms with van der Waals surface area (Å²) in [7, 11) is 0. The van der Waals surface area contributed by atoms with Crippen LogP contribution in [0, 0.1) is 34.5 Å². The van der Waals surface area contributed by atoms with E-state index in [1.165, 1.54) is 16.7 Å². The van der Waals surface area contributed by atoms with Crippen molar-refractivity contribution in [1.29, 1.82) is 0 Å². The third-order valence-corrected chi connectivity index (χ3v) is 8.87. The lowest BCUT2D eigenvalue weighted by Gasteiger charge is -2.53. The molecule has 1 aromatic rings. The van der Waals surface area contributed by atoms with Gasteiger partial charge in [-0.1, -0.05) is 36.5 Å². The molecule has 5 rings (SSSR count). The van der Waals surface area contributed by atoms with E-state index >= 15 is 0 Å². The number of carbonyl (C=O) groups excluding carboxylic acids is 1. The van der Waals surface area contributed by atoms with Crippen LogP contribution in [-0.2, 0) is 4.79 Å². The Morgan fingerprint density at radius 1 is 1.09 bits per heavy atom. The van der Waals surface area contributed by atoms with Crippen LogP contribution < -0.4 is 5.73 Å². The van der Waals surface area contributed by atoms with Crippen molar-refractivity contribution in [1.82, 2.24) is 0 Å². The Bertz CT molecular complexity index is 1110. The topological polar surface area (TPSA) is 63.3 Å². The molecule has 0 radical (unpaired) electrons. The van der Waals surface area contributed by atoms with Crippen LogP contribution in [0.5, 0.6) is 0 Å². The van der Waals surface area contributed by atoms with Crippen molar-refractivity contribution in [3.63, 3.8) is 0 Å². The van der Waals surface area contributed by atoms with E-state index < -0.39 is 5.60 Å². The van der Waals surface area contributed by atoms with E-state index in [-0.39, 0.29) is 22.5 Å². The number of carbonyl (C=O) groups is 1. The Morgan fingerprint density at radius 3 is 2.52 bits per heavy atom. The Balaban J connectivity index is 1.66. The van der Waals surface area contributed by atoms with E-state index in [9.17, 15) is 9.90 Å². The van der Waals surface area contributed by atoms with Crippen LogP contribution in [-0.4, -0.2) is 16.5 Å². The van der Waals surface area contributed by atoms with Crippen molar-refractivity contribution in [3.05, 3.63) is 52.6 Å². The molecule has 0 unspecified atom stereocenters. The first-order valence-electron chi connectivity index (χ1n) is 12.6. The molecule has 0 bridgehead atoms. The van der Waals surface area contributed by atoms with Gasteiger partial charge in [0.05, 0.1) is 0 Å². The van der Waals surface area contributed by atoms with Crippen molar-refractivity contribution >= 4 is 11.5 Å². The van der Waals surface area contributed by atoms with E-state index in [1.807, 2.05) is 18.2 Å². The molecular formula is C30H37NO2. The van der Waals surface area contributed by atoms with Gasteiger partial charge < -0.3 is 10.8 Å². The molecule has 3 N–H and O–H groups in total. The molecule has 0 spiro atoms. The number of hydrogen-bond donors (Lipinski definition) is 2. The van der Waals surface area contributed by atoms with Crippen LogP contribution >= 0.6 is 0 Å². The predicted octanol–water partition coefficient (Wildman–Crippen LogP) is 5.95. The van der Waals surface area contributed by atoms with Crippen molar-refractivity contribution in [2.45, 2.75) is 84.2 Å². The Morgan fingerprint density at radius 2 is 1.82 bits per heavy atom. The van der Waals surface area contributed by atoms with Crippen LogP contribution in [0.1, 0.15) is 84.1 Å². The Labute approximate surface area is 198 Å². The summed E-state index contributed by atoms with van der Waals surface area (Å²) in [6.45, 7) is 8.62. The average molecular weight is 444 g/mol. The normalized spacial score (nSPS) is 35.7. The molecule has 5 atom stereocenters. The number of allylic oxidation sites excluding steroid dienone is 4. The number of rotatable bonds is 1. The molecular weight excluding hydrogens is 406 g/mol. The van der Waals surface area contributed by atoms with Gasteiger partial charge in [0.15, 0.2) is 5.78 Å². The van der Waals surface area contributed by atoms with Gasteiger partial charge in [0, 0.05) is 28.9 Å². The quantitative estimate of drug-likeness (QED) is 0.416. The highest BCUT2D eigenvalue weighted by molar-refractivity contribution is 5.93. The van der Waals surface area contributed by atoms with Crippen molar-refractivity contribution in [2.24, 2.45) is 22.7 Å². The second kappa shape index (κ2) is 7.60. The van der Waals surface area contributed by atoms with E-state index in [1.54, 1.807) is 5.57 Å². The van der Waals surface area contributed by atoms with Gasteiger partial charge in [0.25, 0.3) is 0 Å². The summed E-state index contributed by atoms with van der Waals surface area (Å²) < 4.78 is 0. The number of nitrogen functional groups attached to an aromatic ring is 1. The fourth-order valence-electron chi connectivity index (χ4n) is 7.19. The van der Waals surface area contributed by atoms with Crippen LogP contribution in [0.15, 0.2) is 47.1 Å². The van der Waals surface area contributed by atoms with Crippen LogP contribution in [0.3, 0.4) is 0 Å². The van der Waals surface area contributed by atoms with Gasteiger partial charge in [-0.3, -0.25) is 4.79 Å². The third-order valence-electron chi connectivity index (χ3n) is 8.87. The first-order chi connectivity index (χ1) is 15.5. The molecule has 4 aliphatic rings. The van der Waals surface area contributed by atoms with Gasteiger partial charge >= 0.3 is 0 Å². The standard InChI is InChI=1S/C30H37NO2/c1-28(2,3)15-16-30(33)14-13-26-24-11-7-20-17-22(32)10-12-23(20)27(24)25(18-29(26,30)4)19-5-8-21(31)9-6-19/h5-6,8-9,17,24-26,33H,7,10-14,18,31H2,1-4H3/t24-,25+,26-,29-,30+/m0/s1. The van der Waals surface area contributed by atoms with Gasteiger partial charge in [0.2, 0.25) is 0 Å². The largest absolute Gasteiger partial charge is 0.399 e. The smallest absolute Gasteiger partial charge is 0.156 e. The summed E-state index contributed by atoms with van der Waals surface area (Å²) in [5.41, 5.74) is 10.9. The number of aliphatic hydroxyl groups is 1. The summed E-state index contributed by atoms with van der Waals surface area (Å²) in [5.74, 6) is 8.12. The van der Waals surface area contributed by atoms with Gasteiger partial charge in [0.1, 0.15) is 5.60 Å². The second-order valence-corrected chi connectivity index (χ2v) is 12.1. The number of hydrogen-bond acceptors (Lipinski definition) is 3. The summed E-state index contributed by atoms with van der Waals surface area (Å²) in [6, 6.07) is 8.31. The molecule has 4 aliphatic carbocycles. The first kappa shape index (κ1) is 22.5. The van der Waals surface area contributed by atoms with E-state index in [0.717, 1.165) is 44.2 Å². The summed E-state index contributed by atoms with van der Waals surface area (Å²) in [4.78, 5) is 12.2. The monoisotopic (exact) mass is 443 g/mol. The number of ketones is 1. The molecule has 0 aliphatic heterocycles. The zero-order chi connectivity index (χ0) is 23.6. The van der Waals surface area contributed by atoms with E-state index in [2.05, 4.69) is 51.7 Å². The molecule has 0 saturated heterocycles. The Kier molecular flexibility index (Phi) is 5.18. The zero-order valence-corrected chi connectivity index (χ0v) is 20.5. The Hall–Kier alpha value is -2.31. The number of fused-ring (bicyclic) bond motifs is 4. The molecule has 33 heavy (non-hydrogen) atoms. The van der Waals surface area contributed by atoms with E-state index in [0.29, 0.717) is 18.3 Å². The first-order valence-corrected chi connectivity index (χ1v) is 12.6. The fourth-order valence-corrected chi connectivity index (χ4v) is 7.19. The maximum atomic E-state index is 12.2. The molecule has 3 nitrogen and oxygen atoms in total. The number of nitrogens with two attached hydrogens (primary N) is 1. The predicted molar refractivity (Wildman–Crippen MR) is 133 cm³/mol. The third kappa shape index (κ3) is 3.68. The maximum absolute atomic E-state index is 12.2. The van der Waals surface area contributed by atoms with Crippen molar-refractivity contribution in [3.8, 4) is 11.8 Å². The summed E-state index contributed by atoms with van der Waals surface area (Å²) >= 11 is 0. The van der Waals surface area contributed by atoms with Crippen LogP contribution in [0.2, 0.25) is 0 Å². The summed E-state index contributed by atoms with van der Waals surface area (Å²) in [6.07, 6.45) is 8.07. The number of benzene rings is 1. The summed E-state index contributed by atoms with van der Waals surface area (Å²) in [5, 5.41) is 12.0. The lowest BCUT2D eigenvalue weighted by molar-refractivity contribution is -0.114. The van der Waals surface area contributed by atoms with Gasteiger partial charge in [-0.25, -0.2) is 0 Å². The molecule has 3 heteroatoms. The zero-order valence-electron chi connectivity index (χ0n) is 20.5. The highest BCUT2D eigenvalue weighted by Crippen LogP contribution is 2.66. The van der Waals surface area contributed by atoms with Crippen molar-refractivity contribution in [2.75, 3.05) is 5.73 Å². The molecule has 0 heterocycles. The number of anilines is 1. The minimum absolute atomic E-state index is 0.137. The molecule has 2 fully saturated rings. The average Bonchev–Trinajstić information content (AvgIpc) is 3.02. The van der Waals surface area contributed by atoms with Crippen LogP contribution in [0.25, 0.3) is 0 Å². The lowest BCUT2D eigenvalue weighted by Crippen LogP contribution is -2.51. The molecule has 1 aromatic carbocycles.